The van der Waals surface area contributed by atoms with Gasteiger partial charge in [0.1, 0.15) is 18.9 Å². The second-order valence-electron chi connectivity index (χ2n) is 14.3. The lowest BCUT2D eigenvalue weighted by atomic mass is 9.96. The van der Waals surface area contributed by atoms with Crippen molar-refractivity contribution >= 4 is 22.7 Å². The van der Waals surface area contributed by atoms with E-state index in [-0.39, 0.29) is 31.5 Å². The molecular formula is C47H50FN5O3. The largest absolute Gasteiger partial charge is 0.486 e. The molecule has 0 aliphatic heterocycles. The molecule has 0 fully saturated rings. The van der Waals surface area contributed by atoms with Crippen LogP contribution < -0.4 is 10.1 Å². The summed E-state index contributed by atoms with van der Waals surface area (Å²) in [7, 11) is 2.01. The van der Waals surface area contributed by atoms with Crippen molar-refractivity contribution in [3.63, 3.8) is 0 Å². The molecule has 0 saturated heterocycles. The number of halogens is 1. The second-order valence-corrected chi connectivity index (χ2v) is 14.3. The summed E-state index contributed by atoms with van der Waals surface area (Å²) in [4.78, 5) is 20.0. The molecule has 0 aliphatic carbocycles. The number of allylic oxidation sites excluding steroid dienone is 1. The zero-order valence-electron chi connectivity index (χ0n) is 32.6. The van der Waals surface area contributed by atoms with Crippen molar-refractivity contribution < 1.29 is 18.7 Å². The molecule has 6 aromatic rings. The molecule has 6 rings (SSSR count). The van der Waals surface area contributed by atoms with Crippen LogP contribution in [0.15, 0.2) is 138 Å². The Morgan fingerprint density at radius 3 is 2.20 bits per heavy atom. The second kappa shape index (κ2) is 19.5. The Morgan fingerprint density at radius 2 is 1.54 bits per heavy atom. The highest BCUT2D eigenvalue weighted by molar-refractivity contribution is 6.08. The molecule has 9 heteroatoms. The van der Waals surface area contributed by atoms with Crippen molar-refractivity contribution in [2.75, 3.05) is 20.1 Å². The average Bonchev–Trinajstić information content (AvgIpc) is 3.64. The zero-order chi connectivity index (χ0) is 39.3. The van der Waals surface area contributed by atoms with Gasteiger partial charge in [-0.15, -0.1) is 0 Å². The fourth-order valence-corrected chi connectivity index (χ4v) is 6.36. The number of nitrogens with one attached hydrogen (secondary N) is 2. The molecule has 0 aliphatic rings. The third kappa shape index (κ3) is 10.8. The summed E-state index contributed by atoms with van der Waals surface area (Å²) in [5.74, 6) is 0.581. The summed E-state index contributed by atoms with van der Waals surface area (Å²) < 4.78 is 26.9. The molecule has 1 aromatic heterocycles. The zero-order valence-corrected chi connectivity index (χ0v) is 32.6. The Balaban J connectivity index is 1.28. The molecule has 1 heterocycles. The summed E-state index contributed by atoms with van der Waals surface area (Å²) in [6.07, 6.45) is 3.63. The lowest BCUT2D eigenvalue weighted by Gasteiger charge is -2.21. The smallest absolute Gasteiger partial charge is 0.320 e. The van der Waals surface area contributed by atoms with Crippen molar-refractivity contribution in [3.05, 3.63) is 167 Å². The SMILES string of the molecule is CCc1cc(OCc2ccccc2)c(F)cc1-c1ccc2c(C(=N/C(=C/CC(C)C)CNCC(=O)OCc3ccccc3)N(C)Cc3ccccc3)n[nH]c2c1. The van der Waals surface area contributed by atoms with Gasteiger partial charge in [-0.25, -0.2) is 9.38 Å². The Bertz CT molecular complexity index is 2250. The Labute approximate surface area is 329 Å². The quantitative estimate of drug-likeness (QED) is 0.0548. The highest BCUT2D eigenvalue weighted by Crippen LogP contribution is 2.33. The number of carbonyl (C=O) groups excluding carboxylic acids is 1. The monoisotopic (exact) mass is 751 g/mol. The fourth-order valence-electron chi connectivity index (χ4n) is 6.36. The van der Waals surface area contributed by atoms with E-state index in [1.54, 1.807) is 6.07 Å². The molecule has 8 nitrogen and oxygen atoms in total. The maximum absolute atomic E-state index is 15.5. The van der Waals surface area contributed by atoms with Gasteiger partial charge >= 0.3 is 5.97 Å². The van der Waals surface area contributed by atoms with E-state index < -0.39 is 5.82 Å². The summed E-state index contributed by atoms with van der Waals surface area (Å²) in [5.41, 5.74) is 7.98. The molecule has 0 radical (unpaired) electrons. The minimum atomic E-state index is -0.408. The maximum atomic E-state index is 15.5. The molecule has 0 unspecified atom stereocenters. The first-order valence-electron chi connectivity index (χ1n) is 19.2. The molecule has 56 heavy (non-hydrogen) atoms. The lowest BCUT2D eigenvalue weighted by Crippen LogP contribution is -2.30. The summed E-state index contributed by atoms with van der Waals surface area (Å²) in [6.45, 7) is 7.90. The predicted molar refractivity (Wildman–Crippen MR) is 223 cm³/mol. The number of esters is 1. The number of aromatic amines is 1. The number of rotatable bonds is 17. The molecular weight excluding hydrogens is 702 g/mol. The van der Waals surface area contributed by atoms with Crippen LogP contribution in [0.4, 0.5) is 4.39 Å². The van der Waals surface area contributed by atoms with Gasteiger partial charge in [0.2, 0.25) is 0 Å². The number of nitrogens with zero attached hydrogens (tertiary/aromatic N) is 3. The van der Waals surface area contributed by atoms with Gasteiger partial charge in [0.25, 0.3) is 0 Å². The normalized spacial score (nSPS) is 12.0. The predicted octanol–water partition coefficient (Wildman–Crippen LogP) is 9.65. The van der Waals surface area contributed by atoms with Crippen molar-refractivity contribution in [3.8, 4) is 16.9 Å². The first-order chi connectivity index (χ1) is 27.3. The lowest BCUT2D eigenvalue weighted by molar-refractivity contribution is -0.143. The van der Waals surface area contributed by atoms with Crippen molar-refractivity contribution in [2.24, 2.45) is 10.9 Å². The van der Waals surface area contributed by atoms with Crippen LogP contribution in [0.3, 0.4) is 0 Å². The number of hydrogen-bond acceptors (Lipinski definition) is 6. The van der Waals surface area contributed by atoms with E-state index in [0.717, 1.165) is 56.4 Å². The number of aromatic nitrogens is 2. The topological polar surface area (TPSA) is 91.8 Å². The van der Waals surface area contributed by atoms with Crippen LogP contribution in [-0.4, -0.2) is 47.0 Å². The number of fused-ring (bicyclic) bond motifs is 1. The molecule has 5 aromatic carbocycles. The Hall–Kier alpha value is -6.06. The number of aliphatic imine (C=N–C) groups is 1. The van der Waals surface area contributed by atoms with Crippen molar-refractivity contribution in [2.45, 2.75) is 53.4 Å². The number of ether oxygens (including phenoxy) is 2. The maximum Gasteiger partial charge on any atom is 0.320 e. The molecule has 0 amide bonds. The molecule has 0 bridgehead atoms. The minimum Gasteiger partial charge on any atom is -0.486 e. The van der Waals surface area contributed by atoms with Gasteiger partial charge in [-0.2, -0.15) is 5.10 Å². The van der Waals surface area contributed by atoms with E-state index in [4.69, 9.17) is 19.6 Å². The number of aryl methyl sites for hydroxylation is 1. The third-order valence-corrected chi connectivity index (χ3v) is 9.38. The van der Waals surface area contributed by atoms with Gasteiger partial charge in [-0.3, -0.25) is 9.89 Å². The minimum absolute atomic E-state index is 0.0468. The van der Waals surface area contributed by atoms with E-state index in [1.165, 1.54) is 0 Å². The van der Waals surface area contributed by atoms with Crippen LogP contribution in [0.2, 0.25) is 0 Å². The van der Waals surface area contributed by atoms with Gasteiger partial charge in [-0.05, 0) is 76.4 Å². The number of H-pyrrole nitrogens is 1. The van der Waals surface area contributed by atoms with E-state index >= 15 is 4.39 Å². The van der Waals surface area contributed by atoms with Gasteiger partial charge in [0, 0.05) is 25.5 Å². The highest BCUT2D eigenvalue weighted by atomic mass is 19.1. The number of benzene rings is 5. The molecule has 0 atom stereocenters. The molecule has 0 saturated carbocycles. The van der Waals surface area contributed by atoms with E-state index in [2.05, 4.69) is 54.3 Å². The molecule has 0 spiro atoms. The Morgan fingerprint density at radius 1 is 0.875 bits per heavy atom. The summed E-state index contributed by atoms with van der Waals surface area (Å²) >= 11 is 0. The van der Waals surface area contributed by atoms with Crippen LogP contribution in [0.1, 0.15) is 55.1 Å². The third-order valence-electron chi connectivity index (χ3n) is 9.38. The van der Waals surface area contributed by atoms with Crippen LogP contribution in [0, 0.1) is 11.7 Å². The van der Waals surface area contributed by atoms with Gasteiger partial charge in [0.15, 0.2) is 17.4 Å². The van der Waals surface area contributed by atoms with Crippen LogP contribution in [0.25, 0.3) is 22.0 Å². The van der Waals surface area contributed by atoms with Gasteiger partial charge in [0.05, 0.1) is 17.8 Å². The van der Waals surface area contributed by atoms with Crippen molar-refractivity contribution in [1.29, 1.82) is 0 Å². The first-order valence-corrected chi connectivity index (χ1v) is 19.2. The average molecular weight is 752 g/mol. The van der Waals surface area contributed by atoms with E-state index in [0.29, 0.717) is 37.0 Å². The standard InChI is InChI=1S/C47H50FN5O3/c1-5-37-26-44(55-31-35-17-11-7-12-18-35)42(48)27-41(37)38-22-24-40-43(25-38)51-52-46(40)47(53(4)30-34-15-9-6-10-16-34)50-39(23-21-33(2)3)28-49-29-45(54)56-32-36-19-13-8-14-20-36/h6-20,22-27,33,49H,5,21,28-32H2,1-4H3,(H,51,52)/b39-23+,50-47?. The van der Waals surface area contributed by atoms with Gasteiger partial charge in [-0.1, -0.05) is 124 Å². The Kier molecular flexibility index (Phi) is 13.8. The molecule has 2 N–H and O–H groups in total. The van der Waals surface area contributed by atoms with Gasteiger partial charge < -0.3 is 19.7 Å². The first kappa shape index (κ1) is 39.6. The number of carbonyl (C=O) groups is 1. The summed E-state index contributed by atoms with van der Waals surface area (Å²) in [5, 5.41) is 12.2. The summed E-state index contributed by atoms with van der Waals surface area (Å²) in [6, 6.07) is 39.0. The van der Waals surface area contributed by atoms with Crippen LogP contribution in [0.5, 0.6) is 5.75 Å². The van der Waals surface area contributed by atoms with Crippen LogP contribution in [-0.2, 0) is 35.7 Å². The van der Waals surface area contributed by atoms with Crippen molar-refractivity contribution in [1.82, 2.24) is 20.4 Å². The van der Waals surface area contributed by atoms with E-state index in [9.17, 15) is 4.79 Å². The van der Waals surface area contributed by atoms with Crippen LogP contribution >= 0.6 is 0 Å². The number of amidine groups is 1. The number of hydrogen-bond donors (Lipinski definition) is 2. The van der Waals surface area contributed by atoms with E-state index in [1.807, 2.05) is 110 Å². The molecule has 288 valence electrons. The fraction of sp³-hybridized carbons (Fsp3) is 0.255. The highest BCUT2D eigenvalue weighted by Gasteiger charge is 2.20.